The number of nitrogens with one attached hydrogen (secondary N) is 3. The smallest absolute Gasteiger partial charge is 0.191 e. The summed E-state index contributed by atoms with van der Waals surface area (Å²) in [6, 6.07) is 0.460. The minimum absolute atomic E-state index is 0. The van der Waals surface area contributed by atoms with Crippen molar-refractivity contribution < 1.29 is 0 Å². The molecule has 0 radical (unpaired) electrons. The Morgan fingerprint density at radius 2 is 1.82 bits per heavy atom. The van der Waals surface area contributed by atoms with E-state index < -0.39 is 0 Å². The molecule has 0 heterocycles. The Balaban J connectivity index is 0. The van der Waals surface area contributed by atoms with Crippen LogP contribution in [0.1, 0.15) is 41.0 Å². The molecule has 0 aromatic heterocycles. The van der Waals surface area contributed by atoms with Crippen LogP contribution in [0.2, 0.25) is 0 Å². The fraction of sp³-hybridized carbons (Fsp3) is 0.917. The summed E-state index contributed by atoms with van der Waals surface area (Å²) >= 11 is 0. The van der Waals surface area contributed by atoms with E-state index in [-0.39, 0.29) is 29.5 Å². The summed E-state index contributed by atoms with van der Waals surface area (Å²) in [7, 11) is 1.80. The molecule has 0 spiro atoms. The van der Waals surface area contributed by atoms with Crippen molar-refractivity contribution in [3.05, 3.63) is 0 Å². The molecule has 0 aliphatic heterocycles. The molecule has 0 bridgehead atoms. The monoisotopic (exact) mass is 356 g/mol. The van der Waals surface area contributed by atoms with E-state index in [4.69, 9.17) is 0 Å². The zero-order chi connectivity index (χ0) is 12.6. The standard InChI is InChI=1S/C12H28N4.HI/c1-7-10(2)16-11(13-6)14-8-9-15-12(3,4)5;/h10,15H,7-9H2,1-6H3,(H2,13,14,16);1H. The third-order valence-corrected chi connectivity index (χ3v) is 2.29. The zero-order valence-electron chi connectivity index (χ0n) is 12.1. The maximum Gasteiger partial charge on any atom is 0.191 e. The largest absolute Gasteiger partial charge is 0.355 e. The lowest BCUT2D eigenvalue weighted by Gasteiger charge is -2.21. The number of guanidine groups is 1. The van der Waals surface area contributed by atoms with Crippen LogP contribution in [-0.2, 0) is 0 Å². The Morgan fingerprint density at radius 1 is 1.24 bits per heavy atom. The maximum atomic E-state index is 4.18. The molecular formula is C12H29IN4. The minimum Gasteiger partial charge on any atom is -0.355 e. The summed E-state index contributed by atoms with van der Waals surface area (Å²) in [6.07, 6.45) is 1.10. The van der Waals surface area contributed by atoms with Gasteiger partial charge in [0, 0.05) is 31.7 Å². The maximum absolute atomic E-state index is 4.18. The first-order valence-corrected chi connectivity index (χ1v) is 6.11. The van der Waals surface area contributed by atoms with Crippen LogP contribution in [0.4, 0.5) is 0 Å². The lowest BCUT2D eigenvalue weighted by Crippen LogP contribution is -2.46. The van der Waals surface area contributed by atoms with Crippen LogP contribution in [0, 0.1) is 0 Å². The van der Waals surface area contributed by atoms with E-state index >= 15 is 0 Å². The Bertz CT molecular complexity index is 211. The first-order valence-electron chi connectivity index (χ1n) is 6.11. The molecule has 3 N–H and O–H groups in total. The van der Waals surface area contributed by atoms with Crippen molar-refractivity contribution in [1.29, 1.82) is 0 Å². The molecule has 104 valence electrons. The number of rotatable bonds is 5. The highest BCUT2D eigenvalue weighted by atomic mass is 127. The van der Waals surface area contributed by atoms with Gasteiger partial charge in [-0.05, 0) is 34.1 Å². The second kappa shape index (κ2) is 9.94. The number of hydrogen-bond donors (Lipinski definition) is 3. The molecule has 0 aliphatic rings. The normalized spacial score (nSPS) is 13.9. The summed E-state index contributed by atoms with van der Waals surface area (Å²) in [4.78, 5) is 4.18. The van der Waals surface area contributed by atoms with Crippen molar-refractivity contribution in [1.82, 2.24) is 16.0 Å². The lowest BCUT2D eigenvalue weighted by atomic mass is 10.1. The van der Waals surface area contributed by atoms with Gasteiger partial charge in [0.1, 0.15) is 0 Å². The number of hydrogen-bond acceptors (Lipinski definition) is 2. The summed E-state index contributed by atoms with van der Waals surface area (Å²) in [5, 5.41) is 10.0. The molecule has 0 amide bonds. The summed E-state index contributed by atoms with van der Waals surface area (Å²) < 4.78 is 0. The molecule has 0 aromatic carbocycles. The summed E-state index contributed by atoms with van der Waals surface area (Å²) in [6.45, 7) is 12.6. The fourth-order valence-electron chi connectivity index (χ4n) is 1.15. The molecule has 0 saturated carbocycles. The Kier molecular flexibility index (Phi) is 11.3. The van der Waals surface area contributed by atoms with E-state index in [1.54, 1.807) is 7.05 Å². The van der Waals surface area contributed by atoms with Crippen LogP contribution in [-0.4, -0.2) is 37.7 Å². The van der Waals surface area contributed by atoms with Gasteiger partial charge < -0.3 is 16.0 Å². The van der Waals surface area contributed by atoms with Gasteiger partial charge in [-0.25, -0.2) is 0 Å². The second-order valence-electron chi connectivity index (χ2n) is 5.13. The SMILES string of the molecule is CCC(C)NC(=NC)NCCNC(C)(C)C.I. The topological polar surface area (TPSA) is 48.5 Å². The van der Waals surface area contributed by atoms with Gasteiger partial charge >= 0.3 is 0 Å². The third kappa shape index (κ3) is 12.2. The van der Waals surface area contributed by atoms with Crippen molar-refractivity contribution in [2.75, 3.05) is 20.1 Å². The van der Waals surface area contributed by atoms with Crippen LogP contribution < -0.4 is 16.0 Å². The van der Waals surface area contributed by atoms with Gasteiger partial charge in [0.15, 0.2) is 5.96 Å². The lowest BCUT2D eigenvalue weighted by molar-refractivity contribution is 0.428. The molecule has 5 heteroatoms. The van der Waals surface area contributed by atoms with Crippen LogP contribution in [0.25, 0.3) is 0 Å². The van der Waals surface area contributed by atoms with E-state index in [1.807, 2.05) is 0 Å². The summed E-state index contributed by atoms with van der Waals surface area (Å²) in [5.41, 5.74) is 0.176. The second-order valence-corrected chi connectivity index (χ2v) is 5.13. The predicted molar refractivity (Wildman–Crippen MR) is 87.4 cm³/mol. The van der Waals surface area contributed by atoms with E-state index in [1.165, 1.54) is 0 Å². The van der Waals surface area contributed by atoms with E-state index in [2.05, 4.69) is 55.6 Å². The average molecular weight is 356 g/mol. The van der Waals surface area contributed by atoms with Crippen LogP contribution in [0.3, 0.4) is 0 Å². The summed E-state index contributed by atoms with van der Waals surface area (Å²) in [5.74, 6) is 0.880. The van der Waals surface area contributed by atoms with Crippen LogP contribution in [0.15, 0.2) is 4.99 Å². The van der Waals surface area contributed by atoms with Gasteiger partial charge in [0.25, 0.3) is 0 Å². The Labute approximate surface area is 123 Å². The fourth-order valence-corrected chi connectivity index (χ4v) is 1.15. The number of aliphatic imine (C=N–C) groups is 1. The van der Waals surface area contributed by atoms with Crippen LogP contribution in [0.5, 0.6) is 0 Å². The number of nitrogens with zero attached hydrogens (tertiary/aromatic N) is 1. The molecular weight excluding hydrogens is 327 g/mol. The van der Waals surface area contributed by atoms with Gasteiger partial charge in [-0.1, -0.05) is 6.92 Å². The van der Waals surface area contributed by atoms with E-state index in [0.717, 1.165) is 25.5 Å². The highest BCUT2D eigenvalue weighted by Crippen LogP contribution is 1.96. The molecule has 17 heavy (non-hydrogen) atoms. The van der Waals surface area contributed by atoms with Crippen molar-refractivity contribution in [3.8, 4) is 0 Å². The highest BCUT2D eigenvalue weighted by Gasteiger charge is 2.07. The van der Waals surface area contributed by atoms with Gasteiger partial charge in [0.2, 0.25) is 0 Å². The van der Waals surface area contributed by atoms with Crippen molar-refractivity contribution in [3.63, 3.8) is 0 Å². The molecule has 0 fully saturated rings. The van der Waals surface area contributed by atoms with E-state index in [0.29, 0.717) is 6.04 Å². The van der Waals surface area contributed by atoms with Crippen LogP contribution >= 0.6 is 24.0 Å². The molecule has 1 unspecified atom stereocenters. The van der Waals surface area contributed by atoms with Gasteiger partial charge in [-0.3, -0.25) is 4.99 Å². The van der Waals surface area contributed by atoms with E-state index in [9.17, 15) is 0 Å². The Morgan fingerprint density at radius 3 is 2.24 bits per heavy atom. The average Bonchev–Trinajstić information content (AvgIpc) is 2.20. The molecule has 0 rings (SSSR count). The van der Waals surface area contributed by atoms with Crippen molar-refractivity contribution in [2.24, 2.45) is 4.99 Å². The van der Waals surface area contributed by atoms with Gasteiger partial charge in [-0.2, -0.15) is 0 Å². The number of halogens is 1. The minimum atomic E-state index is 0. The van der Waals surface area contributed by atoms with Gasteiger partial charge in [0.05, 0.1) is 0 Å². The Hall–Kier alpha value is -0.0400. The molecule has 0 aliphatic carbocycles. The molecule has 0 aromatic rings. The quantitative estimate of drug-likeness (QED) is 0.306. The first kappa shape index (κ1) is 19.3. The van der Waals surface area contributed by atoms with Crippen molar-refractivity contribution in [2.45, 2.75) is 52.6 Å². The third-order valence-electron chi connectivity index (χ3n) is 2.29. The first-order chi connectivity index (χ1) is 7.39. The van der Waals surface area contributed by atoms with Crippen molar-refractivity contribution >= 4 is 29.9 Å². The molecule has 1 atom stereocenters. The predicted octanol–water partition coefficient (Wildman–Crippen LogP) is 1.96. The zero-order valence-corrected chi connectivity index (χ0v) is 14.4. The highest BCUT2D eigenvalue weighted by molar-refractivity contribution is 14.0. The molecule has 0 saturated heterocycles. The van der Waals surface area contributed by atoms with Gasteiger partial charge in [-0.15, -0.1) is 24.0 Å². The molecule has 4 nitrogen and oxygen atoms in total.